The topological polar surface area (TPSA) is 45.2 Å². The summed E-state index contributed by atoms with van der Waals surface area (Å²) in [6, 6.07) is 8.50. The van der Waals surface area contributed by atoms with Crippen LogP contribution in [0.2, 0.25) is 0 Å². The van der Waals surface area contributed by atoms with Crippen LogP contribution in [0.25, 0.3) is 0 Å². The molecule has 1 aromatic carbocycles. The van der Waals surface area contributed by atoms with E-state index in [9.17, 15) is 0 Å². The number of hydrogen-bond acceptors (Lipinski definition) is 7. The Bertz CT molecular complexity index is 683. The molecule has 0 radical (unpaired) electrons. The molecule has 0 aliphatic rings. The van der Waals surface area contributed by atoms with E-state index in [1.54, 1.807) is 23.5 Å². The van der Waals surface area contributed by atoms with Gasteiger partial charge in [0, 0.05) is 41.7 Å². The maximum Gasteiger partial charge on any atom is 0.231 e. The Morgan fingerprint density at radius 3 is 1.74 bits per heavy atom. The first-order chi connectivity index (χ1) is 13.1. The van der Waals surface area contributed by atoms with Crippen molar-refractivity contribution >= 4 is 35.4 Å². The summed E-state index contributed by atoms with van der Waals surface area (Å²) in [7, 11) is 0. The normalized spacial score (nSPS) is 10.7. The van der Waals surface area contributed by atoms with Crippen molar-refractivity contribution in [2.75, 3.05) is 41.7 Å². The standard InChI is InChI=1S/C20H29N5S2/c1-6-15-26-16-11-13-17(14-12-16)27-20-22-18(24(7-2)8-3)21-19(23-20)25(9-4)10-5/h6,11-14H,1,7-10,15H2,2-5H3. The summed E-state index contributed by atoms with van der Waals surface area (Å²) in [6.45, 7) is 15.7. The Labute approximate surface area is 171 Å². The molecule has 0 aliphatic carbocycles. The van der Waals surface area contributed by atoms with Crippen molar-refractivity contribution in [3.8, 4) is 0 Å². The molecule has 2 rings (SSSR count). The zero-order valence-electron chi connectivity index (χ0n) is 16.7. The molecule has 0 atom stereocenters. The molecule has 0 unspecified atom stereocenters. The number of anilines is 2. The number of hydrogen-bond donors (Lipinski definition) is 0. The van der Waals surface area contributed by atoms with Crippen LogP contribution < -0.4 is 9.80 Å². The second-order valence-electron chi connectivity index (χ2n) is 5.74. The van der Waals surface area contributed by atoms with Gasteiger partial charge in [-0.2, -0.15) is 15.0 Å². The Kier molecular flexibility index (Phi) is 8.94. The van der Waals surface area contributed by atoms with Gasteiger partial charge in [0.15, 0.2) is 5.16 Å². The first kappa shape index (κ1) is 21.6. The largest absolute Gasteiger partial charge is 0.341 e. The molecule has 2 aromatic rings. The van der Waals surface area contributed by atoms with Crippen LogP contribution in [0.5, 0.6) is 0 Å². The minimum Gasteiger partial charge on any atom is -0.341 e. The highest BCUT2D eigenvalue weighted by Crippen LogP contribution is 2.29. The van der Waals surface area contributed by atoms with Crippen molar-refractivity contribution in [3.63, 3.8) is 0 Å². The van der Waals surface area contributed by atoms with E-state index in [1.807, 2.05) is 6.08 Å². The summed E-state index contributed by atoms with van der Waals surface area (Å²) in [5.41, 5.74) is 0. The molecule has 5 nitrogen and oxygen atoms in total. The van der Waals surface area contributed by atoms with Crippen LogP contribution in [0.15, 0.2) is 51.9 Å². The molecule has 27 heavy (non-hydrogen) atoms. The van der Waals surface area contributed by atoms with Crippen LogP contribution in [0.1, 0.15) is 27.7 Å². The number of aromatic nitrogens is 3. The fourth-order valence-electron chi connectivity index (χ4n) is 2.54. The quantitative estimate of drug-likeness (QED) is 0.387. The average Bonchev–Trinajstić information content (AvgIpc) is 2.69. The van der Waals surface area contributed by atoms with Crippen molar-refractivity contribution in [3.05, 3.63) is 36.9 Å². The molecule has 0 N–H and O–H groups in total. The molecule has 146 valence electrons. The SMILES string of the molecule is C=CCSc1ccc(Sc2nc(N(CC)CC)nc(N(CC)CC)n2)cc1. The van der Waals surface area contributed by atoms with Gasteiger partial charge in [-0.1, -0.05) is 6.08 Å². The van der Waals surface area contributed by atoms with Gasteiger partial charge in [0.2, 0.25) is 11.9 Å². The molecular weight excluding hydrogens is 374 g/mol. The molecule has 1 aromatic heterocycles. The van der Waals surface area contributed by atoms with Gasteiger partial charge in [-0.3, -0.25) is 0 Å². The van der Waals surface area contributed by atoms with Crippen molar-refractivity contribution in [1.82, 2.24) is 15.0 Å². The molecule has 0 amide bonds. The number of thioether (sulfide) groups is 1. The molecule has 0 spiro atoms. The number of rotatable bonds is 11. The molecule has 0 aliphatic heterocycles. The van der Waals surface area contributed by atoms with E-state index >= 15 is 0 Å². The fourth-order valence-corrected chi connectivity index (χ4v) is 3.92. The van der Waals surface area contributed by atoms with Crippen molar-refractivity contribution in [2.24, 2.45) is 0 Å². The summed E-state index contributed by atoms with van der Waals surface area (Å²) in [4.78, 5) is 20.8. The summed E-state index contributed by atoms with van der Waals surface area (Å²) < 4.78 is 0. The molecule has 0 bridgehead atoms. The fraction of sp³-hybridized carbons (Fsp3) is 0.450. The molecular formula is C20H29N5S2. The Hall–Kier alpha value is -1.73. The number of benzene rings is 1. The van der Waals surface area contributed by atoms with E-state index in [1.165, 1.54) is 4.90 Å². The van der Waals surface area contributed by atoms with Gasteiger partial charge in [0.05, 0.1) is 0 Å². The predicted molar refractivity (Wildman–Crippen MR) is 118 cm³/mol. The van der Waals surface area contributed by atoms with Crippen LogP contribution in [0.4, 0.5) is 11.9 Å². The zero-order valence-corrected chi connectivity index (χ0v) is 18.3. The van der Waals surface area contributed by atoms with Gasteiger partial charge in [-0.05, 0) is 63.7 Å². The van der Waals surface area contributed by atoms with Gasteiger partial charge >= 0.3 is 0 Å². The first-order valence-corrected chi connectivity index (χ1v) is 11.2. The highest BCUT2D eigenvalue weighted by atomic mass is 32.2. The minimum absolute atomic E-state index is 0.736. The van der Waals surface area contributed by atoms with Gasteiger partial charge in [-0.15, -0.1) is 18.3 Å². The molecule has 1 heterocycles. The van der Waals surface area contributed by atoms with Crippen molar-refractivity contribution in [2.45, 2.75) is 42.6 Å². The van der Waals surface area contributed by atoms with Crippen LogP contribution in [-0.4, -0.2) is 46.9 Å². The van der Waals surface area contributed by atoms with Gasteiger partial charge in [0.1, 0.15) is 0 Å². The average molecular weight is 404 g/mol. The van der Waals surface area contributed by atoms with E-state index in [4.69, 9.17) is 15.0 Å². The first-order valence-electron chi connectivity index (χ1n) is 9.42. The van der Waals surface area contributed by atoms with Gasteiger partial charge < -0.3 is 9.80 Å². The summed E-state index contributed by atoms with van der Waals surface area (Å²) in [5, 5.41) is 0.736. The van der Waals surface area contributed by atoms with E-state index in [-0.39, 0.29) is 0 Å². The van der Waals surface area contributed by atoms with Crippen molar-refractivity contribution < 1.29 is 0 Å². The second kappa shape index (κ2) is 11.2. The lowest BCUT2D eigenvalue weighted by molar-refractivity contribution is 0.746. The third kappa shape index (κ3) is 6.14. The summed E-state index contributed by atoms with van der Waals surface area (Å²) >= 11 is 3.36. The van der Waals surface area contributed by atoms with Crippen LogP contribution in [0, 0.1) is 0 Å². The second-order valence-corrected chi connectivity index (χ2v) is 7.87. The lowest BCUT2D eigenvalue weighted by atomic mass is 10.4. The minimum atomic E-state index is 0.736. The van der Waals surface area contributed by atoms with E-state index in [0.29, 0.717) is 0 Å². The smallest absolute Gasteiger partial charge is 0.231 e. The lowest BCUT2D eigenvalue weighted by Crippen LogP contribution is -2.28. The Morgan fingerprint density at radius 2 is 1.30 bits per heavy atom. The Morgan fingerprint density at radius 1 is 0.815 bits per heavy atom. The summed E-state index contributed by atoms with van der Waals surface area (Å²) in [5.74, 6) is 2.41. The third-order valence-corrected chi connectivity index (χ3v) is 5.97. The monoisotopic (exact) mass is 403 g/mol. The molecule has 0 fully saturated rings. The predicted octanol–water partition coefficient (Wildman–Crippen LogP) is 4.99. The Balaban J connectivity index is 2.29. The number of nitrogens with zero attached hydrogens (tertiary/aromatic N) is 5. The zero-order chi connectivity index (χ0) is 19.6. The maximum absolute atomic E-state index is 4.72. The van der Waals surface area contributed by atoms with Gasteiger partial charge in [-0.25, -0.2) is 0 Å². The lowest BCUT2D eigenvalue weighted by Gasteiger charge is -2.23. The highest BCUT2D eigenvalue weighted by Gasteiger charge is 2.15. The van der Waals surface area contributed by atoms with Crippen LogP contribution >= 0.6 is 23.5 Å². The maximum atomic E-state index is 4.72. The summed E-state index contributed by atoms with van der Waals surface area (Å²) in [6.07, 6.45) is 1.92. The van der Waals surface area contributed by atoms with Crippen molar-refractivity contribution in [1.29, 1.82) is 0 Å². The van der Waals surface area contributed by atoms with Gasteiger partial charge in [0.25, 0.3) is 0 Å². The van der Waals surface area contributed by atoms with E-state index in [2.05, 4.69) is 68.3 Å². The molecule has 7 heteroatoms. The van der Waals surface area contributed by atoms with E-state index < -0.39 is 0 Å². The van der Waals surface area contributed by atoms with Crippen LogP contribution in [-0.2, 0) is 0 Å². The molecule has 0 saturated carbocycles. The third-order valence-electron chi connectivity index (χ3n) is 4.08. The molecule has 0 saturated heterocycles. The van der Waals surface area contributed by atoms with E-state index in [0.717, 1.165) is 53.9 Å². The highest BCUT2D eigenvalue weighted by molar-refractivity contribution is 7.99. The van der Waals surface area contributed by atoms with Crippen LogP contribution in [0.3, 0.4) is 0 Å².